The second-order valence-corrected chi connectivity index (χ2v) is 6.88. The summed E-state index contributed by atoms with van der Waals surface area (Å²) in [5.41, 5.74) is 2.92. The van der Waals surface area contributed by atoms with Gasteiger partial charge in [0.05, 0.1) is 14.9 Å². The second-order valence-electron chi connectivity index (χ2n) is 3.51. The number of hydrogen-bond acceptors (Lipinski definition) is 4. The molecule has 0 aliphatic carbocycles. The molecule has 2 aromatic rings. The van der Waals surface area contributed by atoms with Crippen LogP contribution in [0.4, 0.5) is 0 Å². The van der Waals surface area contributed by atoms with E-state index in [1.165, 1.54) is 17.6 Å². The molecule has 1 aromatic carbocycles. The first-order valence-corrected chi connectivity index (χ1v) is 7.54. The molecule has 0 unspecified atom stereocenters. The molecule has 0 aliphatic heterocycles. The molecule has 19 heavy (non-hydrogen) atoms. The lowest BCUT2D eigenvalue weighted by Crippen LogP contribution is -2.16. The minimum atomic E-state index is -0.288. The highest BCUT2D eigenvalue weighted by molar-refractivity contribution is 9.11. The summed E-state index contributed by atoms with van der Waals surface area (Å²) in [6, 6.07) is 8.52. The van der Waals surface area contributed by atoms with Crippen molar-refractivity contribution in [1.82, 2.24) is 5.43 Å². The van der Waals surface area contributed by atoms with E-state index >= 15 is 0 Å². The zero-order chi connectivity index (χ0) is 13.8. The highest BCUT2D eigenvalue weighted by Gasteiger charge is 2.06. The maximum Gasteiger partial charge on any atom is 0.281 e. The third kappa shape index (κ3) is 3.89. The van der Waals surface area contributed by atoms with E-state index in [4.69, 9.17) is 0 Å². The fourth-order valence-electron chi connectivity index (χ4n) is 1.28. The highest BCUT2D eigenvalue weighted by Crippen LogP contribution is 2.22. The largest absolute Gasteiger partial charge is 0.507 e. The van der Waals surface area contributed by atoms with Gasteiger partial charge in [0, 0.05) is 10.0 Å². The smallest absolute Gasteiger partial charge is 0.281 e. The van der Waals surface area contributed by atoms with Crippen LogP contribution in [-0.2, 0) is 0 Å². The Morgan fingerprint density at radius 3 is 2.74 bits per heavy atom. The first-order chi connectivity index (χ1) is 9.06. The molecule has 0 spiro atoms. The fourth-order valence-corrected chi connectivity index (χ4v) is 2.90. The minimum Gasteiger partial charge on any atom is -0.507 e. The van der Waals surface area contributed by atoms with Gasteiger partial charge in [0.1, 0.15) is 5.75 Å². The molecule has 1 heterocycles. The number of carbonyl (C=O) groups excluding carboxylic acids is 1. The molecule has 0 saturated carbocycles. The van der Waals surface area contributed by atoms with Crippen molar-refractivity contribution in [3.05, 3.63) is 49.0 Å². The van der Waals surface area contributed by atoms with Gasteiger partial charge in [-0.05, 0) is 46.3 Å². The lowest BCUT2D eigenvalue weighted by atomic mass is 10.2. The lowest BCUT2D eigenvalue weighted by Gasteiger charge is -1.99. The molecular formula is C12H8Br2N2O2S. The quantitative estimate of drug-likeness (QED) is 0.605. The summed E-state index contributed by atoms with van der Waals surface area (Å²) in [7, 11) is 0. The van der Waals surface area contributed by atoms with Gasteiger partial charge in [-0.1, -0.05) is 15.9 Å². The number of thiophene rings is 1. The number of phenols is 1. The summed E-state index contributed by atoms with van der Waals surface area (Å²) in [4.78, 5) is 12.2. The van der Waals surface area contributed by atoms with E-state index in [-0.39, 0.29) is 11.7 Å². The third-order valence-electron chi connectivity index (χ3n) is 2.16. The van der Waals surface area contributed by atoms with Crippen LogP contribution in [-0.4, -0.2) is 17.2 Å². The van der Waals surface area contributed by atoms with Gasteiger partial charge in [-0.15, -0.1) is 11.3 Å². The Hall–Kier alpha value is -1.18. The van der Waals surface area contributed by atoms with Crippen molar-refractivity contribution in [1.29, 1.82) is 0 Å². The Morgan fingerprint density at radius 1 is 1.32 bits per heavy atom. The van der Waals surface area contributed by atoms with Gasteiger partial charge in [-0.3, -0.25) is 4.79 Å². The number of carbonyl (C=O) groups is 1. The Bertz CT molecular complexity index is 640. The number of aromatic hydroxyl groups is 1. The van der Waals surface area contributed by atoms with Crippen molar-refractivity contribution in [3.63, 3.8) is 0 Å². The van der Waals surface area contributed by atoms with Gasteiger partial charge in [0.2, 0.25) is 0 Å². The second kappa shape index (κ2) is 6.31. The number of rotatable bonds is 3. The average Bonchev–Trinajstić information content (AvgIpc) is 2.78. The van der Waals surface area contributed by atoms with Crippen LogP contribution in [0.1, 0.15) is 15.2 Å². The molecule has 0 atom stereocenters. The van der Waals surface area contributed by atoms with Crippen LogP contribution < -0.4 is 5.43 Å². The lowest BCUT2D eigenvalue weighted by molar-refractivity contribution is 0.0959. The van der Waals surface area contributed by atoms with Gasteiger partial charge in [-0.25, -0.2) is 5.43 Å². The van der Waals surface area contributed by atoms with Crippen molar-refractivity contribution in [2.24, 2.45) is 5.10 Å². The zero-order valence-electron chi connectivity index (χ0n) is 9.43. The number of phenolic OH excluding ortho intramolecular Hbond substituents is 1. The van der Waals surface area contributed by atoms with Gasteiger partial charge in [0.15, 0.2) is 0 Å². The molecular weight excluding hydrogens is 396 g/mol. The monoisotopic (exact) mass is 402 g/mol. The van der Waals surface area contributed by atoms with Crippen molar-refractivity contribution in [2.75, 3.05) is 0 Å². The number of nitrogens with one attached hydrogen (secondary N) is 1. The van der Waals surface area contributed by atoms with Crippen molar-refractivity contribution >= 4 is 55.3 Å². The first kappa shape index (κ1) is 14.2. The molecule has 0 saturated heterocycles. The van der Waals surface area contributed by atoms with Crippen molar-refractivity contribution < 1.29 is 9.90 Å². The Labute approximate surface area is 130 Å². The average molecular weight is 404 g/mol. The topological polar surface area (TPSA) is 61.7 Å². The summed E-state index contributed by atoms with van der Waals surface area (Å²) >= 11 is 7.85. The van der Waals surface area contributed by atoms with E-state index in [9.17, 15) is 9.90 Å². The van der Waals surface area contributed by atoms with Crippen LogP contribution in [0.2, 0.25) is 0 Å². The predicted octanol–water partition coefficient (Wildman–Crippen LogP) is 3.74. The summed E-state index contributed by atoms with van der Waals surface area (Å²) < 4.78 is 1.65. The summed E-state index contributed by atoms with van der Waals surface area (Å²) in [6.07, 6.45) is 1.39. The van der Waals surface area contributed by atoms with E-state index < -0.39 is 0 Å². The number of nitrogens with zero attached hydrogens (tertiary/aromatic N) is 1. The summed E-state index contributed by atoms with van der Waals surface area (Å²) in [5, 5.41) is 13.4. The van der Waals surface area contributed by atoms with Crippen LogP contribution in [0.25, 0.3) is 0 Å². The standard InChI is InChI=1S/C12H8Br2N2O2S/c13-8-2-1-7(9(17)5-8)6-15-16-12(18)10-3-4-11(14)19-10/h1-6,17H,(H,16,18)/b15-6-. The number of benzene rings is 1. The van der Waals surface area contributed by atoms with Crippen molar-refractivity contribution in [2.45, 2.75) is 0 Å². The van der Waals surface area contributed by atoms with Gasteiger partial charge >= 0.3 is 0 Å². The molecule has 0 bridgehead atoms. The predicted molar refractivity (Wildman–Crippen MR) is 82.9 cm³/mol. The molecule has 1 amide bonds. The highest BCUT2D eigenvalue weighted by atomic mass is 79.9. The van der Waals surface area contributed by atoms with Crippen LogP contribution in [0.15, 0.2) is 43.7 Å². The van der Waals surface area contributed by atoms with Gasteiger partial charge < -0.3 is 5.11 Å². The van der Waals surface area contributed by atoms with Crippen LogP contribution in [0, 0.1) is 0 Å². The SMILES string of the molecule is O=C(N/N=C\c1ccc(Br)cc1O)c1ccc(Br)s1. The molecule has 0 radical (unpaired) electrons. The van der Waals surface area contributed by atoms with Crippen LogP contribution >= 0.6 is 43.2 Å². The van der Waals surface area contributed by atoms with E-state index in [1.807, 2.05) is 0 Å². The first-order valence-electron chi connectivity index (χ1n) is 5.13. The minimum absolute atomic E-state index is 0.0891. The molecule has 2 rings (SSSR count). The van der Waals surface area contributed by atoms with E-state index in [0.717, 1.165) is 8.26 Å². The van der Waals surface area contributed by atoms with Crippen molar-refractivity contribution in [3.8, 4) is 5.75 Å². The van der Waals surface area contributed by atoms with Crippen LogP contribution in [0.5, 0.6) is 5.75 Å². The summed E-state index contributed by atoms with van der Waals surface area (Å²) in [5.74, 6) is -0.199. The fraction of sp³-hybridized carbons (Fsp3) is 0. The molecule has 2 N–H and O–H groups in total. The van der Waals surface area contributed by atoms with E-state index in [0.29, 0.717) is 10.4 Å². The maximum atomic E-state index is 11.7. The summed E-state index contributed by atoms with van der Waals surface area (Å²) in [6.45, 7) is 0. The number of hydrazone groups is 1. The molecule has 1 aromatic heterocycles. The van der Waals surface area contributed by atoms with Crippen LogP contribution in [0.3, 0.4) is 0 Å². The Kier molecular flexibility index (Phi) is 4.73. The number of amides is 1. The maximum absolute atomic E-state index is 11.7. The van der Waals surface area contributed by atoms with E-state index in [1.54, 1.807) is 30.3 Å². The third-order valence-corrected chi connectivity index (χ3v) is 4.27. The van der Waals surface area contributed by atoms with E-state index in [2.05, 4.69) is 42.4 Å². The molecule has 4 nitrogen and oxygen atoms in total. The normalized spacial score (nSPS) is 10.8. The number of halogens is 2. The zero-order valence-corrected chi connectivity index (χ0v) is 13.4. The Morgan fingerprint density at radius 2 is 2.11 bits per heavy atom. The number of hydrogen-bond donors (Lipinski definition) is 2. The molecule has 98 valence electrons. The Balaban J connectivity index is 2.02. The molecule has 0 fully saturated rings. The van der Waals surface area contributed by atoms with Gasteiger partial charge in [0.25, 0.3) is 5.91 Å². The van der Waals surface area contributed by atoms with Gasteiger partial charge in [-0.2, -0.15) is 5.10 Å². The molecule has 0 aliphatic rings. The molecule has 7 heteroatoms.